The minimum Gasteiger partial charge on any atom is -0.478 e. The number of nitrogens with one attached hydrogen (secondary N) is 1. The first kappa shape index (κ1) is 21.5. The maximum absolute atomic E-state index is 13.3. The molecule has 3 aromatic rings. The Balaban J connectivity index is 2.01. The number of aliphatic carboxylic acids is 1. The second kappa shape index (κ2) is 8.05. The van der Waals surface area contributed by atoms with Crippen LogP contribution in [0.1, 0.15) is 36.1 Å². The molecule has 0 amide bonds. The van der Waals surface area contributed by atoms with Gasteiger partial charge in [0.15, 0.2) is 0 Å². The third kappa shape index (κ3) is 3.38. The van der Waals surface area contributed by atoms with Crippen molar-refractivity contribution in [1.29, 1.82) is 5.26 Å². The molecule has 32 heavy (non-hydrogen) atoms. The summed E-state index contributed by atoms with van der Waals surface area (Å²) >= 11 is 3.36. The number of anilines is 2. The summed E-state index contributed by atoms with van der Waals surface area (Å²) in [5, 5.41) is 25.6. The molecule has 1 aliphatic heterocycles. The highest BCUT2D eigenvalue weighted by Gasteiger charge is 2.39. The summed E-state index contributed by atoms with van der Waals surface area (Å²) in [5.41, 5.74) is 0.129. The van der Waals surface area contributed by atoms with Gasteiger partial charge >= 0.3 is 11.7 Å². The number of rotatable bonds is 4. The standard InChI is InChI=1S/C21H14BrF2N5O3/c1-10-16(19(30)31)17(14-6-5-11(9-25)7-15(14)22)29-20(26-27-21(29)32)28(10)13-4-2-3-12(8-13)18(23)24/h2-8,17-18H,1H3,(H,27,32)(H,30,31). The molecule has 0 bridgehead atoms. The van der Waals surface area contributed by atoms with Gasteiger partial charge in [0.2, 0.25) is 5.95 Å². The van der Waals surface area contributed by atoms with Crippen molar-refractivity contribution in [2.45, 2.75) is 19.4 Å². The number of H-pyrrole nitrogens is 1. The van der Waals surface area contributed by atoms with Crippen LogP contribution in [0.3, 0.4) is 0 Å². The Bertz CT molecular complexity index is 1370. The zero-order chi connectivity index (χ0) is 23.2. The van der Waals surface area contributed by atoms with Gasteiger partial charge in [0.05, 0.1) is 17.2 Å². The maximum atomic E-state index is 13.3. The fourth-order valence-electron chi connectivity index (χ4n) is 3.78. The van der Waals surface area contributed by atoms with Gasteiger partial charge in [-0.2, -0.15) is 5.26 Å². The van der Waals surface area contributed by atoms with Crippen molar-refractivity contribution in [1.82, 2.24) is 14.8 Å². The minimum absolute atomic E-state index is 0.0465. The molecule has 1 unspecified atom stereocenters. The normalized spacial score (nSPS) is 15.6. The predicted molar refractivity (Wildman–Crippen MR) is 114 cm³/mol. The summed E-state index contributed by atoms with van der Waals surface area (Å²) in [6.07, 6.45) is -2.73. The molecular formula is C21H14BrF2N5O3. The van der Waals surface area contributed by atoms with E-state index in [-0.39, 0.29) is 28.5 Å². The molecule has 2 heterocycles. The molecule has 1 aliphatic rings. The Morgan fingerprint density at radius 3 is 2.69 bits per heavy atom. The number of allylic oxidation sites excluding steroid dienone is 1. The number of carboxylic acid groups (broad SMARTS) is 1. The van der Waals surface area contributed by atoms with Crippen LogP contribution in [0.4, 0.5) is 20.4 Å². The fraction of sp³-hybridized carbons (Fsp3) is 0.143. The lowest BCUT2D eigenvalue weighted by atomic mass is 9.94. The fourth-order valence-corrected chi connectivity index (χ4v) is 4.37. The lowest BCUT2D eigenvalue weighted by Gasteiger charge is -2.35. The van der Waals surface area contributed by atoms with E-state index in [1.807, 2.05) is 6.07 Å². The molecule has 1 aromatic heterocycles. The topological polar surface area (TPSA) is 115 Å². The zero-order valence-corrected chi connectivity index (χ0v) is 18.0. The lowest BCUT2D eigenvalue weighted by Crippen LogP contribution is -2.37. The minimum atomic E-state index is -2.73. The highest BCUT2D eigenvalue weighted by molar-refractivity contribution is 9.10. The third-order valence-electron chi connectivity index (χ3n) is 5.18. The first-order chi connectivity index (χ1) is 15.2. The summed E-state index contributed by atoms with van der Waals surface area (Å²) in [4.78, 5) is 26.4. The summed E-state index contributed by atoms with van der Waals surface area (Å²) < 4.78 is 28.1. The molecule has 0 fully saturated rings. The largest absolute Gasteiger partial charge is 0.478 e. The third-order valence-corrected chi connectivity index (χ3v) is 5.86. The Labute approximate surface area is 188 Å². The molecule has 0 aliphatic carbocycles. The van der Waals surface area contributed by atoms with Gasteiger partial charge in [-0.15, -0.1) is 5.10 Å². The molecule has 0 spiro atoms. The van der Waals surface area contributed by atoms with E-state index in [4.69, 9.17) is 5.26 Å². The molecule has 8 nitrogen and oxygen atoms in total. The number of nitrogens with zero attached hydrogens (tertiary/aromatic N) is 4. The average Bonchev–Trinajstić information content (AvgIpc) is 3.13. The number of aromatic amines is 1. The van der Waals surface area contributed by atoms with Crippen molar-refractivity contribution in [3.05, 3.63) is 85.4 Å². The predicted octanol–water partition coefficient (Wildman–Crippen LogP) is 4.24. The number of nitriles is 1. The number of halogens is 3. The second-order valence-electron chi connectivity index (χ2n) is 6.98. The van der Waals surface area contributed by atoms with E-state index in [0.717, 1.165) is 4.57 Å². The van der Waals surface area contributed by atoms with Crippen LogP contribution in [0, 0.1) is 11.3 Å². The van der Waals surface area contributed by atoms with Crippen LogP contribution in [-0.2, 0) is 4.79 Å². The van der Waals surface area contributed by atoms with Gasteiger partial charge < -0.3 is 5.11 Å². The van der Waals surface area contributed by atoms with Crippen molar-refractivity contribution in [3.8, 4) is 6.07 Å². The van der Waals surface area contributed by atoms with Crippen molar-refractivity contribution in [3.63, 3.8) is 0 Å². The van der Waals surface area contributed by atoms with Gasteiger partial charge in [-0.1, -0.05) is 34.1 Å². The molecule has 162 valence electrons. The van der Waals surface area contributed by atoms with Crippen molar-refractivity contribution in [2.75, 3.05) is 4.90 Å². The summed E-state index contributed by atoms with van der Waals surface area (Å²) in [6.45, 7) is 1.52. The van der Waals surface area contributed by atoms with E-state index in [0.29, 0.717) is 15.6 Å². The smallest absolute Gasteiger partial charge is 0.345 e. The number of hydrogen-bond donors (Lipinski definition) is 2. The maximum Gasteiger partial charge on any atom is 0.345 e. The number of benzene rings is 2. The Morgan fingerprint density at radius 2 is 2.06 bits per heavy atom. The number of fused-ring (bicyclic) bond motifs is 1. The van der Waals surface area contributed by atoms with Crippen molar-refractivity contribution in [2.24, 2.45) is 0 Å². The van der Waals surface area contributed by atoms with E-state index in [9.17, 15) is 23.5 Å². The average molecular weight is 502 g/mol. The van der Waals surface area contributed by atoms with Gasteiger partial charge in [-0.05, 0) is 36.8 Å². The second-order valence-corrected chi connectivity index (χ2v) is 7.84. The van der Waals surface area contributed by atoms with E-state index in [1.54, 1.807) is 6.07 Å². The molecular weight excluding hydrogens is 488 g/mol. The zero-order valence-electron chi connectivity index (χ0n) is 16.4. The number of carboxylic acids is 1. The molecule has 11 heteroatoms. The number of aromatic nitrogens is 3. The highest BCUT2D eigenvalue weighted by atomic mass is 79.9. The van der Waals surface area contributed by atoms with Crippen LogP contribution in [0.2, 0.25) is 0 Å². The lowest BCUT2D eigenvalue weighted by molar-refractivity contribution is -0.133. The van der Waals surface area contributed by atoms with E-state index < -0.39 is 24.1 Å². The summed E-state index contributed by atoms with van der Waals surface area (Å²) in [6, 6.07) is 10.9. The van der Waals surface area contributed by atoms with Crippen LogP contribution in [-0.4, -0.2) is 25.8 Å². The van der Waals surface area contributed by atoms with E-state index in [1.165, 1.54) is 48.2 Å². The van der Waals surface area contributed by atoms with Crippen LogP contribution in [0.15, 0.2) is 63.0 Å². The SMILES string of the molecule is CC1=C(C(=O)O)C(c2ccc(C#N)cc2Br)n2c(n[nH]c2=O)N1c1cccc(C(F)F)c1. The highest BCUT2D eigenvalue weighted by Crippen LogP contribution is 2.43. The summed E-state index contributed by atoms with van der Waals surface area (Å²) in [5.74, 6) is -1.25. The van der Waals surface area contributed by atoms with Crippen LogP contribution in [0.25, 0.3) is 0 Å². The molecule has 0 radical (unpaired) electrons. The van der Waals surface area contributed by atoms with Gasteiger partial charge in [0.25, 0.3) is 6.43 Å². The van der Waals surface area contributed by atoms with Crippen molar-refractivity contribution < 1.29 is 18.7 Å². The summed E-state index contributed by atoms with van der Waals surface area (Å²) in [7, 11) is 0. The quantitative estimate of drug-likeness (QED) is 0.552. The van der Waals surface area contributed by atoms with Crippen LogP contribution >= 0.6 is 15.9 Å². The molecule has 0 saturated heterocycles. The first-order valence-electron chi connectivity index (χ1n) is 9.23. The molecule has 4 rings (SSSR count). The Morgan fingerprint density at radius 1 is 1.31 bits per heavy atom. The number of carbonyl (C=O) groups is 1. The Kier molecular flexibility index (Phi) is 5.40. The first-order valence-corrected chi connectivity index (χ1v) is 10.0. The van der Waals surface area contributed by atoms with Gasteiger partial charge in [0.1, 0.15) is 6.04 Å². The Hall–Kier alpha value is -3.78. The number of hydrogen-bond acceptors (Lipinski definition) is 5. The van der Waals surface area contributed by atoms with Crippen LogP contribution < -0.4 is 10.6 Å². The molecule has 1 atom stereocenters. The van der Waals surface area contributed by atoms with Gasteiger partial charge in [-0.3, -0.25) is 4.90 Å². The van der Waals surface area contributed by atoms with E-state index >= 15 is 0 Å². The molecule has 2 aromatic carbocycles. The molecule has 0 saturated carbocycles. The van der Waals surface area contributed by atoms with E-state index in [2.05, 4.69) is 26.1 Å². The van der Waals surface area contributed by atoms with Gasteiger partial charge in [-0.25, -0.2) is 28.0 Å². The van der Waals surface area contributed by atoms with Crippen molar-refractivity contribution >= 4 is 33.5 Å². The number of alkyl halides is 2. The van der Waals surface area contributed by atoms with Crippen LogP contribution in [0.5, 0.6) is 0 Å². The molecule has 2 N–H and O–H groups in total. The monoisotopic (exact) mass is 501 g/mol. The van der Waals surface area contributed by atoms with Gasteiger partial charge in [0, 0.05) is 21.4 Å².